The lowest BCUT2D eigenvalue weighted by molar-refractivity contribution is 0.293. The molecule has 2 aromatic rings. The summed E-state index contributed by atoms with van der Waals surface area (Å²) < 4.78 is 0. The van der Waals surface area contributed by atoms with E-state index in [9.17, 15) is 0 Å². The molecule has 0 saturated heterocycles. The maximum Gasteiger partial charge on any atom is 0.0547 e. The monoisotopic (exact) mass is 298 g/mol. The number of hydrogen-bond acceptors (Lipinski definition) is 4. The molecule has 0 spiro atoms. The highest BCUT2D eigenvalue weighted by atomic mass is 15.1. The highest BCUT2D eigenvalue weighted by Crippen LogP contribution is 2.11. The van der Waals surface area contributed by atoms with Crippen molar-refractivity contribution in [3.05, 3.63) is 59.2 Å². The number of fused-ring (bicyclic) bond motifs is 4. The third-order valence-electron chi connectivity index (χ3n) is 3.46. The van der Waals surface area contributed by atoms with Crippen LogP contribution in [0.1, 0.15) is 36.6 Å². The van der Waals surface area contributed by atoms with Gasteiger partial charge in [0.05, 0.1) is 22.8 Å². The van der Waals surface area contributed by atoms with Crippen LogP contribution in [0.3, 0.4) is 0 Å². The first kappa shape index (κ1) is 16.6. The Morgan fingerprint density at radius 3 is 1.18 bits per heavy atom. The summed E-state index contributed by atoms with van der Waals surface area (Å²) in [7, 11) is 4.22. The first-order valence-corrected chi connectivity index (χ1v) is 7.96. The molecule has 0 atom stereocenters. The highest BCUT2D eigenvalue weighted by Gasteiger charge is 2.10. The van der Waals surface area contributed by atoms with Gasteiger partial charge in [-0.2, -0.15) is 0 Å². The molecule has 0 aliphatic carbocycles. The van der Waals surface area contributed by atoms with E-state index in [2.05, 4.69) is 60.3 Å². The van der Waals surface area contributed by atoms with Crippen molar-refractivity contribution in [2.24, 2.45) is 0 Å². The normalized spacial score (nSPS) is 16.0. The van der Waals surface area contributed by atoms with E-state index in [0.29, 0.717) is 0 Å². The Morgan fingerprint density at radius 1 is 0.636 bits per heavy atom. The minimum absolute atomic E-state index is 0.851. The third-order valence-corrected chi connectivity index (χ3v) is 3.46. The summed E-state index contributed by atoms with van der Waals surface area (Å²) >= 11 is 0. The summed E-state index contributed by atoms with van der Waals surface area (Å²) in [5, 5.41) is 0. The van der Waals surface area contributed by atoms with Crippen molar-refractivity contribution in [3.8, 4) is 0 Å². The van der Waals surface area contributed by atoms with Crippen LogP contribution in [0.25, 0.3) is 0 Å². The van der Waals surface area contributed by atoms with Crippen molar-refractivity contribution in [2.75, 3.05) is 14.1 Å². The Hall–Kier alpha value is -1.78. The summed E-state index contributed by atoms with van der Waals surface area (Å²) in [6.07, 6.45) is 0. The molecule has 1 aliphatic rings. The van der Waals surface area contributed by atoms with Gasteiger partial charge in [0.1, 0.15) is 0 Å². The molecule has 0 saturated carbocycles. The molecule has 4 bridgehead atoms. The van der Waals surface area contributed by atoms with Crippen LogP contribution < -0.4 is 0 Å². The maximum absolute atomic E-state index is 4.74. The molecule has 2 aromatic heterocycles. The number of pyridine rings is 2. The van der Waals surface area contributed by atoms with Crippen LogP contribution in [-0.4, -0.2) is 33.9 Å². The first-order chi connectivity index (χ1) is 10.7. The van der Waals surface area contributed by atoms with Crippen LogP contribution in [0.15, 0.2) is 36.4 Å². The van der Waals surface area contributed by atoms with Crippen molar-refractivity contribution >= 4 is 0 Å². The van der Waals surface area contributed by atoms with Crippen molar-refractivity contribution in [3.63, 3.8) is 0 Å². The lowest BCUT2D eigenvalue weighted by atomic mass is 10.2. The van der Waals surface area contributed by atoms with Crippen molar-refractivity contribution in [1.82, 2.24) is 19.8 Å². The Bertz CT molecular complexity index is 501. The lowest BCUT2D eigenvalue weighted by Gasteiger charge is -2.20. The average Bonchev–Trinajstić information content (AvgIpc) is 2.48. The molecule has 22 heavy (non-hydrogen) atoms. The van der Waals surface area contributed by atoms with E-state index in [4.69, 9.17) is 9.97 Å². The van der Waals surface area contributed by atoms with Crippen LogP contribution in [-0.2, 0) is 26.2 Å². The Kier molecular flexibility index (Phi) is 6.04. The molecule has 3 heterocycles. The van der Waals surface area contributed by atoms with Gasteiger partial charge in [-0.3, -0.25) is 19.8 Å². The van der Waals surface area contributed by atoms with Crippen molar-refractivity contribution < 1.29 is 0 Å². The van der Waals surface area contributed by atoms with E-state index in [-0.39, 0.29) is 0 Å². The smallest absolute Gasteiger partial charge is 0.0547 e. The molecule has 0 radical (unpaired) electrons. The van der Waals surface area contributed by atoms with E-state index in [1.165, 1.54) is 0 Å². The fourth-order valence-electron chi connectivity index (χ4n) is 2.63. The van der Waals surface area contributed by atoms with Crippen molar-refractivity contribution in [1.29, 1.82) is 0 Å². The van der Waals surface area contributed by atoms with Crippen LogP contribution >= 0.6 is 0 Å². The lowest BCUT2D eigenvalue weighted by Crippen LogP contribution is -2.23. The summed E-state index contributed by atoms with van der Waals surface area (Å²) in [5.41, 5.74) is 4.48. The van der Waals surface area contributed by atoms with Gasteiger partial charge in [0.2, 0.25) is 0 Å². The quantitative estimate of drug-likeness (QED) is 0.748. The van der Waals surface area contributed by atoms with E-state index >= 15 is 0 Å². The van der Waals surface area contributed by atoms with Gasteiger partial charge in [-0.25, -0.2) is 0 Å². The van der Waals surface area contributed by atoms with Gasteiger partial charge >= 0.3 is 0 Å². The number of aromatic nitrogens is 2. The largest absolute Gasteiger partial charge is 0.295 e. The second-order valence-corrected chi connectivity index (χ2v) is 5.59. The van der Waals surface area contributed by atoms with Crippen LogP contribution in [0, 0.1) is 0 Å². The molecule has 4 nitrogen and oxygen atoms in total. The Morgan fingerprint density at radius 2 is 0.909 bits per heavy atom. The summed E-state index contributed by atoms with van der Waals surface area (Å²) in [6.45, 7) is 7.40. The standard InChI is InChI=1S/C16H20N4.C2H6/c1-19-9-13-5-3-7-15(17-13)11-20(2)12-16-8-4-6-14(10-19)18-16;1-2/h3-8H,9-12H2,1-2H3;1-2H3. The van der Waals surface area contributed by atoms with Gasteiger partial charge in [-0.05, 0) is 38.4 Å². The first-order valence-electron chi connectivity index (χ1n) is 7.96. The van der Waals surface area contributed by atoms with E-state index in [1.807, 2.05) is 13.8 Å². The number of hydrogen-bond donors (Lipinski definition) is 0. The third kappa shape index (κ3) is 4.61. The fraction of sp³-hybridized carbons (Fsp3) is 0.444. The molecule has 0 fully saturated rings. The second kappa shape index (κ2) is 8.01. The Balaban J connectivity index is 0.000000847. The van der Waals surface area contributed by atoms with Crippen LogP contribution in [0.2, 0.25) is 0 Å². The van der Waals surface area contributed by atoms with Gasteiger partial charge in [0, 0.05) is 26.2 Å². The topological polar surface area (TPSA) is 32.3 Å². The molecule has 0 aromatic carbocycles. The molecular formula is C18H26N4. The molecule has 0 N–H and O–H groups in total. The Labute approximate surface area is 133 Å². The number of rotatable bonds is 0. The fourth-order valence-corrected chi connectivity index (χ4v) is 2.63. The van der Waals surface area contributed by atoms with Crippen molar-refractivity contribution in [2.45, 2.75) is 40.0 Å². The summed E-state index contributed by atoms with van der Waals surface area (Å²) in [4.78, 5) is 14.0. The molecule has 1 aliphatic heterocycles. The second-order valence-electron chi connectivity index (χ2n) is 5.59. The van der Waals surface area contributed by atoms with Gasteiger partial charge in [0.15, 0.2) is 0 Å². The zero-order valence-electron chi connectivity index (χ0n) is 14.1. The van der Waals surface area contributed by atoms with Crippen LogP contribution in [0.5, 0.6) is 0 Å². The molecule has 3 rings (SSSR count). The predicted molar refractivity (Wildman–Crippen MR) is 90.2 cm³/mol. The highest BCUT2D eigenvalue weighted by molar-refractivity contribution is 5.14. The van der Waals surface area contributed by atoms with Crippen LogP contribution in [0.4, 0.5) is 0 Å². The summed E-state index contributed by atoms with van der Waals surface area (Å²) in [5.74, 6) is 0. The van der Waals surface area contributed by atoms with Gasteiger partial charge in [-0.1, -0.05) is 26.0 Å². The molecule has 4 heteroatoms. The zero-order valence-corrected chi connectivity index (χ0v) is 14.1. The molecule has 0 amide bonds. The van der Waals surface area contributed by atoms with E-state index in [0.717, 1.165) is 49.0 Å². The molecule has 118 valence electrons. The molecular weight excluding hydrogens is 272 g/mol. The SMILES string of the molecule is CC.CN1Cc2cccc(n2)CN(C)Cc2cccc(n2)C1. The van der Waals surface area contributed by atoms with Gasteiger partial charge in [0.25, 0.3) is 0 Å². The van der Waals surface area contributed by atoms with E-state index in [1.54, 1.807) is 0 Å². The minimum atomic E-state index is 0.851. The van der Waals surface area contributed by atoms with Gasteiger partial charge < -0.3 is 0 Å². The zero-order chi connectivity index (χ0) is 15.9. The van der Waals surface area contributed by atoms with Gasteiger partial charge in [-0.15, -0.1) is 0 Å². The maximum atomic E-state index is 4.74. The number of nitrogens with zero attached hydrogens (tertiary/aromatic N) is 4. The average molecular weight is 298 g/mol. The molecule has 0 unspecified atom stereocenters. The minimum Gasteiger partial charge on any atom is -0.295 e. The predicted octanol–water partition coefficient (Wildman–Crippen LogP) is 3.08. The summed E-state index contributed by atoms with van der Waals surface area (Å²) in [6, 6.07) is 12.6. The van der Waals surface area contributed by atoms with E-state index < -0.39 is 0 Å².